The first kappa shape index (κ1) is 16.2. The third-order valence-corrected chi connectivity index (χ3v) is 6.44. The van der Waals surface area contributed by atoms with E-state index in [1.165, 1.54) is 0 Å². The van der Waals surface area contributed by atoms with E-state index in [1.54, 1.807) is 0 Å². The number of ether oxygens (including phenoxy) is 4. The van der Waals surface area contributed by atoms with E-state index in [-0.39, 0.29) is 37.5 Å². The van der Waals surface area contributed by atoms with Crippen molar-refractivity contribution in [3.8, 4) is 23.0 Å². The highest BCUT2D eigenvalue weighted by Gasteiger charge is 2.46. The highest BCUT2D eigenvalue weighted by molar-refractivity contribution is 5.87. The van der Waals surface area contributed by atoms with Gasteiger partial charge in [0, 0.05) is 23.9 Å². The molecule has 4 atom stereocenters. The van der Waals surface area contributed by atoms with Gasteiger partial charge in [-0.1, -0.05) is 18.6 Å². The molecule has 0 aromatic heterocycles. The predicted molar refractivity (Wildman–Crippen MR) is 99.6 cm³/mol. The summed E-state index contributed by atoms with van der Waals surface area (Å²) in [6.45, 7) is 0.502. The van der Waals surface area contributed by atoms with Gasteiger partial charge in [0.2, 0.25) is 13.6 Å². The Bertz CT molecular complexity index is 884. The van der Waals surface area contributed by atoms with Crippen LogP contribution in [-0.2, 0) is 4.79 Å². The molecule has 1 aliphatic carbocycles. The van der Waals surface area contributed by atoms with Crippen LogP contribution in [0.5, 0.6) is 23.0 Å². The molecule has 1 saturated carbocycles. The smallest absolute Gasteiger partial charge is 0.231 e. The highest BCUT2D eigenvalue weighted by Crippen LogP contribution is 2.48. The maximum Gasteiger partial charge on any atom is 0.231 e. The lowest BCUT2D eigenvalue weighted by Crippen LogP contribution is -2.50. The molecule has 28 heavy (non-hydrogen) atoms. The minimum Gasteiger partial charge on any atom is -0.454 e. The summed E-state index contributed by atoms with van der Waals surface area (Å²) in [6.07, 6.45) is 2.93. The molecule has 3 aliphatic heterocycles. The monoisotopic (exact) mass is 379 g/mol. The summed E-state index contributed by atoms with van der Waals surface area (Å²) in [6, 6.07) is 11.9. The number of fused-ring (bicyclic) bond motifs is 4. The van der Waals surface area contributed by atoms with Gasteiger partial charge in [0.1, 0.15) is 5.78 Å². The van der Waals surface area contributed by atoms with E-state index in [1.807, 2.05) is 36.4 Å². The summed E-state index contributed by atoms with van der Waals surface area (Å²) in [4.78, 5) is 13.3. The highest BCUT2D eigenvalue weighted by atomic mass is 16.7. The number of carbonyl (C=O) groups excluding carboxylic acids is 1. The van der Waals surface area contributed by atoms with Crippen LogP contribution < -0.4 is 24.3 Å². The Morgan fingerprint density at radius 1 is 0.714 bits per heavy atom. The topological polar surface area (TPSA) is 66.0 Å². The van der Waals surface area contributed by atoms with Crippen molar-refractivity contribution < 1.29 is 23.7 Å². The summed E-state index contributed by atoms with van der Waals surface area (Å²) in [5.74, 6) is 3.41. The van der Waals surface area contributed by atoms with Crippen LogP contribution in [0.1, 0.15) is 42.5 Å². The summed E-state index contributed by atoms with van der Waals surface area (Å²) in [5, 5.41) is 3.79. The summed E-state index contributed by atoms with van der Waals surface area (Å²) in [7, 11) is 0. The van der Waals surface area contributed by atoms with Gasteiger partial charge in [-0.05, 0) is 48.2 Å². The maximum atomic E-state index is 13.3. The number of nitrogens with one attached hydrogen (secondary N) is 1. The third kappa shape index (κ3) is 2.41. The molecule has 4 aliphatic rings. The standard InChI is InChI=1S/C22H21NO5/c24-22-14-2-1-3-15(22)21(13-5-7-17-19(9-13)28-11-26-17)23-20(14)12-4-6-16-18(8-12)27-10-25-16/h4-9,14-15,20-21,23H,1-3,10-11H2. The lowest BCUT2D eigenvalue weighted by molar-refractivity contribution is -0.135. The Balaban J connectivity index is 1.38. The van der Waals surface area contributed by atoms with Gasteiger partial charge in [-0.2, -0.15) is 0 Å². The quantitative estimate of drug-likeness (QED) is 0.861. The molecule has 6 nitrogen and oxygen atoms in total. The van der Waals surface area contributed by atoms with Gasteiger partial charge in [0.25, 0.3) is 0 Å². The minimum atomic E-state index is -0.0334. The molecule has 2 aromatic rings. The van der Waals surface area contributed by atoms with E-state index in [0.29, 0.717) is 5.78 Å². The van der Waals surface area contributed by atoms with Crippen LogP contribution in [0.25, 0.3) is 0 Å². The molecule has 1 N–H and O–H groups in total. The SMILES string of the molecule is O=C1C2CCCC1C(c1ccc3c(c1)OCO3)NC2c1ccc2c(c1)OCO2. The Morgan fingerprint density at radius 2 is 1.21 bits per heavy atom. The van der Waals surface area contributed by atoms with Gasteiger partial charge in [-0.3, -0.25) is 4.79 Å². The maximum absolute atomic E-state index is 13.3. The molecule has 2 bridgehead atoms. The summed E-state index contributed by atoms with van der Waals surface area (Å²) in [5.41, 5.74) is 2.15. The second-order valence-electron chi connectivity index (χ2n) is 7.89. The van der Waals surface area contributed by atoms with Gasteiger partial charge in [0.05, 0.1) is 0 Å². The van der Waals surface area contributed by atoms with Crippen LogP contribution in [0, 0.1) is 11.8 Å². The second kappa shape index (κ2) is 6.14. The van der Waals surface area contributed by atoms with Crippen molar-refractivity contribution in [2.45, 2.75) is 31.3 Å². The first-order chi connectivity index (χ1) is 13.8. The van der Waals surface area contributed by atoms with Crippen LogP contribution in [0.3, 0.4) is 0 Å². The molecule has 3 heterocycles. The van der Waals surface area contributed by atoms with Crippen LogP contribution in [-0.4, -0.2) is 19.4 Å². The summed E-state index contributed by atoms with van der Waals surface area (Å²) >= 11 is 0. The van der Waals surface area contributed by atoms with Crippen molar-refractivity contribution >= 4 is 5.78 Å². The zero-order chi connectivity index (χ0) is 18.7. The predicted octanol–water partition coefficient (Wildman–Crippen LogP) is 3.52. The van der Waals surface area contributed by atoms with Gasteiger partial charge in [0.15, 0.2) is 23.0 Å². The van der Waals surface area contributed by atoms with Crippen molar-refractivity contribution in [2.75, 3.05) is 13.6 Å². The number of piperidine rings is 1. The van der Waals surface area contributed by atoms with E-state index in [0.717, 1.165) is 53.4 Å². The minimum absolute atomic E-state index is 0.00406. The molecule has 144 valence electrons. The number of ketones is 1. The molecule has 0 spiro atoms. The number of carbonyl (C=O) groups is 1. The summed E-state index contributed by atoms with van der Waals surface area (Å²) < 4.78 is 22.0. The number of rotatable bonds is 2. The molecule has 2 fully saturated rings. The molecular formula is C22H21NO5. The second-order valence-corrected chi connectivity index (χ2v) is 7.89. The molecule has 0 radical (unpaired) electrons. The zero-order valence-electron chi connectivity index (χ0n) is 15.4. The van der Waals surface area contributed by atoms with Gasteiger partial charge < -0.3 is 24.3 Å². The van der Waals surface area contributed by atoms with E-state index in [2.05, 4.69) is 5.32 Å². The number of Topliss-reactive ketones (excluding diaryl/α,β-unsaturated/α-hetero) is 1. The van der Waals surface area contributed by atoms with Crippen molar-refractivity contribution in [3.05, 3.63) is 47.5 Å². The molecule has 0 amide bonds. The van der Waals surface area contributed by atoms with Gasteiger partial charge in [-0.15, -0.1) is 0 Å². The van der Waals surface area contributed by atoms with Crippen LogP contribution >= 0.6 is 0 Å². The van der Waals surface area contributed by atoms with Crippen molar-refractivity contribution in [1.29, 1.82) is 0 Å². The van der Waals surface area contributed by atoms with Gasteiger partial charge >= 0.3 is 0 Å². The lowest BCUT2D eigenvalue weighted by atomic mass is 9.67. The fourth-order valence-corrected chi connectivity index (χ4v) is 5.08. The molecule has 6 rings (SSSR count). The Morgan fingerprint density at radius 3 is 1.75 bits per heavy atom. The Labute approximate surface area is 162 Å². The number of hydrogen-bond donors (Lipinski definition) is 1. The zero-order valence-corrected chi connectivity index (χ0v) is 15.4. The normalized spacial score (nSPS) is 29.8. The lowest BCUT2D eigenvalue weighted by Gasteiger charge is -2.45. The van der Waals surface area contributed by atoms with Gasteiger partial charge in [-0.25, -0.2) is 0 Å². The molecule has 2 aromatic carbocycles. The van der Waals surface area contributed by atoms with E-state index in [4.69, 9.17) is 18.9 Å². The van der Waals surface area contributed by atoms with Crippen LogP contribution in [0.4, 0.5) is 0 Å². The van der Waals surface area contributed by atoms with Crippen LogP contribution in [0.15, 0.2) is 36.4 Å². The number of hydrogen-bond acceptors (Lipinski definition) is 6. The number of benzene rings is 2. The fraction of sp³-hybridized carbons (Fsp3) is 0.409. The molecule has 4 unspecified atom stereocenters. The first-order valence-corrected chi connectivity index (χ1v) is 9.87. The average Bonchev–Trinajstić information content (AvgIpc) is 3.36. The van der Waals surface area contributed by atoms with E-state index < -0.39 is 0 Å². The average molecular weight is 379 g/mol. The Hall–Kier alpha value is -2.73. The van der Waals surface area contributed by atoms with Crippen molar-refractivity contribution in [1.82, 2.24) is 5.32 Å². The first-order valence-electron chi connectivity index (χ1n) is 9.87. The molecule has 1 saturated heterocycles. The van der Waals surface area contributed by atoms with Crippen molar-refractivity contribution in [3.63, 3.8) is 0 Å². The van der Waals surface area contributed by atoms with E-state index in [9.17, 15) is 4.79 Å². The largest absolute Gasteiger partial charge is 0.454 e. The van der Waals surface area contributed by atoms with E-state index >= 15 is 0 Å². The Kier molecular flexibility index (Phi) is 3.56. The molecular weight excluding hydrogens is 358 g/mol. The molecule has 6 heteroatoms. The third-order valence-electron chi connectivity index (χ3n) is 6.44. The fourth-order valence-electron chi connectivity index (χ4n) is 5.08. The van der Waals surface area contributed by atoms with Crippen LogP contribution in [0.2, 0.25) is 0 Å². The van der Waals surface area contributed by atoms with Crippen molar-refractivity contribution in [2.24, 2.45) is 11.8 Å².